The minimum absolute atomic E-state index is 0.0546. The van der Waals surface area contributed by atoms with Gasteiger partial charge in [-0.3, -0.25) is 9.59 Å². The number of ether oxygens (including phenoxy) is 1. The molecule has 0 aliphatic carbocycles. The van der Waals surface area contributed by atoms with Gasteiger partial charge in [-0.05, 0) is 50.5 Å². The fourth-order valence-electron chi connectivity index (χ4n) is 5.31. The maximum Gasteiger partial charge on any atom is 0.335 e. The van der Waals surface area contributed by atoms with Crippen LogP contribution in [0.4, 0.5) is 0 Å². The minimum Gasteiger partial charge on any atom is -0.479 e. The van der Waals surface area contributed by atoms with E-state index < -0.39 is 60.8 Å². The van der Waals surface area contributed by atoms with Crippen LogP contribution in [0.1, 0.15) is 125 Å². The second-order valence-electron chi connectivity index (χ2n) is 12.4. The van der Waals surface area contributed by atoms with Gasteiger partial charge in [0.25, 0.3) is 0 Å². The molecule has 0 aromatic rings. The summed E-state index contributed by atoms with van der Waals surface area (Å²) < 4.78 is 4.92. The van der Waals surface area contributed by atoms with Crippen LogP contribution in [0.3, 0.4) is 0 Å². The van der Waals surface area contributed by atoms with Gasteiger partial charge in [0, 0.05) is 0 Å². The maximum absolute atomic E-state index is 12.8. The molecule has 0 rings (SSSR count). The van der Waals surface area contributed by atoms with Gasteiger partial charge >= 0.3 is 11.9 Å². The first-order valence-corrected chi connectivity index (χ1v) is 16.3. The molecule has 0 bridgehead atoms. The molecule has 0 heterocycles. The van der Waals surface area contributed by atoms with Gasteiger partial charge in [0.2, 0.25) is 0 Å². The van der Waals surface area contributed by atoms with Crippen LogP contribution in [0.2, 0.25) is 0 Å². The monoisotopic (exact) mass is 616 g/mol. The number of aliphatic hydroxyl groups is 5. The number of unbranched alkanes of at least 4 members (excludes halogenated alkanes) is 8. The molecule has 8 unspecified atom stereocenters. The Morgan fingerprint density at radius 1 is 0.767 bits per heavy atom. The number of carboxylic acid groups (broad SMARTS) is 1. The molecule has 0 saturated carbocycles. The van der Waals surface area contributed by atoms with Crippen LogP contribution in [0.5, 0.6) is 0 Å². The molecule has 0 fully saturated rings. The van der Waals surface area contributed by atoms with Gasteiger partial charge in [0.1, 0.15) is 12.0 Å². The number of esters is 1. The number of carboxylic acids is 1. The van der Waals surface area contributed by atoms with Gasteiger partial charge in [-0.25, -0.2) is 4.79 Å². The number of aliphatic carboxylic acids is 1. The second-order valence-corrected chi connectivity index (χ2v) is 12.4. The van der Waals surface area contributed by atoms with E-state index in [-0.39, 0.29) is 5.92 Å². The molecular formula is C33H60O10. The third-order valence-electron chi connectivity index (χ3n) is 8.09. The molecule has 8 atom stereocenters. The number of carbonyl (C=O) groups is 3. The van der Waals surface area contributed by atoms with Crippen molar-refractivity contribution < 1.29 is 49.8 Å². The highest BCUT2D eigenvalue weighted by atomic mass is 16.6. The largest absolute Gasteiger partial charge is 0.479 e. The standard InChI is InChI=1S/C33H60O10/c1-6-7-8-9-10-11-12-13-17-26(35)27(36)18-15-14-16-22(2)19-23(3)20-24(4)29(37)25(5)33(42)43-28(21-34)30(38)31(39)32(40)41/h20,22-23,25-28,30-31,34-36,38-39H,6-19,21H2,1-5H3,(H,40,41). The normalized spacial score (nSPS) is 17.8. The fraction of sp³-hybridized carbons (Fsp3) is 0.848. The van der Waals surface area contributed by atoms with Crippen molar-refractivity contribution in [3.8, 4) is 0 Å². The summed E-state index contributed by atoms with van der Waals surface area (Å²) in [4.78, 5) is 36.0. The zero-order valence-electron chi connectivity index (χ0n) is 27.1. The van der Waals surface area contributed by atoms with E-state index in [0.717, 1.165) is 38.5 Å². The number of aliphatic hydroxyl groups excluding tert-OH is 5. The van der Waals surface area contributed by atoms with Crippen LogP contribution in [-0.4, -0.2) is 85.5 Å². The summed E-state index contributed by atoms with van der Waals surface area (Å²) >= 11 is 0. The first-order chi connectivity index (χ1) is 20.3. The van der Waals surface area contributed by atoms with Crippen molar-refractivity contribution in [2.75, 3.05) is 6.61 Å². The molecule has 0 saturated heterocycles. The SMILES string of the molecule is CCCCCCCCCCC(O)C(O)CCCCC(C)CC(C)C=C(C)C(=O)C(C)C(=O)OC(CO)C(O)C(O)C(=O)O. The minimum atomic E-state index is -2.26. The first-order valence-electron chi connectivity index (χ1n) is 16.3. The quantitative estimate of drug-likeness (QED) is 0.0354. The Labute approximate surface area is 258 Å². The van der Waals surface area contributed by atoms with Crippen LogP contribution in [-0.2, 0) is 19.1 Å². The lowest BCUT2D eigenvalue weighted by Gasteiger charge is -2.24. The number of carbonyl (C=O) groups excluding carboxylic acids is 2. The molecule has 10 nitrogen and oxygen atoms in total. The van der Waals surface area contributed by atoms with Crippen molar-refractivity contribution in [3.63, 3.8) is 0 Å². The Balaban J connectivity index is 4.44. The van der Waals surface area contributed by atoms with Gasteiger partial charge in [-0.2, -0.15) is 0 Å². The number of hydrogen-bond acceptors (Lipinski definition) is 9. The molecule has 6 N–H and O–H groups in total. The van der Waals surface area contributed by atoms with Gasteiger partial charge in [0.15, 0.2) is 18.0 Å². The van der Waals surface area contributed by atoms with Crippen LogP contribution < -0.4 is 0 Å². The van der Waals surface area contributed by atoms with E-state index in [9.17, 15) is 39.9 Å². The number of rotatable bonds is 26. The molecular weight excluding hydrogens is 556 g/mol. The lowest BCUT2D eigenvalue weighted by molar-refractivity contribution is -0.176. The average Bonchev–Trinajstić information content (AvgIpc) is 2.97. The van der Waals surface area contributed by atoms with Gasteiger partial charge in [-0.15, -0.1) is 0 Å². The third-order valence-corrected chi connectivity index (χ3v) is 8.09. The molecule has 0 aromatic heterocycles. The lowest BCUT2D eigenvalue weighted by Crippen LogP contribution is -2.46. The summed E-state index contributed by atoms with van der Waals surface area (Å²) in [5.74, 6) is -4.11. The fourth-order valence-corrected chi connectivity index (χ4v) is 5.31. The highest BCUT2D eigenvalue weighted by Gasteiger charge is 2.35. The summed E-state index contributed by atoms with van der Waals surface area (Å²) in [6.07, 6.45) is 8.76. The summed E-state index contributed by atoms with van der Waals surface area (Å²) in [5.41, 5.74) is 0.365. The molecule has 0 aliphatic rings. The van der Waals surface area contributed by atoms with E-state index in [1.165, 1.54) is 45.4 Å². The number of Topliss-reactive ketones (excluding diaryl/α,β-unsaturated/α-hetero) is 1. The average molecular weight is 617 g/mol. The van der Waals surface area contributed by atoms with Gasteiger partial charge in [0.05, 0.1) is 18.8 Å². The summed E-state index contributed by atoms with van der Waals surface area (Å²) in [6.45, 7) is 8.31. The summed E-state index contributed by atoms with van der Waals surface area (Å²) in [7, 11) is 0. The zero-order valence-corrected chi connectivity index (χ0v) is 27.1. The Kier molecular flexibility index (Phi) is 22.5. The Morgan fingerprint density at radius 2 is 1.26 bits per heavy atom. The van der Waals surface area contributed by atoms with Crippen molar-refractivity contribution >= 4 is 17.7 Å². The maximum atomic E-state index is 12.8. The zero-order chi connectivity index (χ0) is 32.9. The second kappa shape index (κ2) is 23.5. The lowest BCUT2D eigenvalue weighted by atomic mass is 9.89. The van der Waals surface area contributed by atoms with E-state index in [0.29, 0.717) is 24.3 Å². The number of hydrogen-bond donors (Lipinski definition) is 6. The molecule has 10 heteroatoms. The Hall–Kier alpha value is -1.85. The van der Waals surface area contributed by atoms with E-state index in [2.05, 4.69) is 13.8 Å². The first kappa shape index (κ1) is 41.1. The van der Waals surface area contributed by atoms with E-state index in [4.69, 9.17) is 9.84 Å². The summed E-state index contributed by atoms with van der Waals surface area (Å²) in [6, 6.07) is 0. The van der Waals surface area contributed by atoms with Crippen molar-refractivity contribution in [1.82, 2.24) is 0 Å². The van der Waals surface area contributed by atoms with E-state index >= 15 is 0 Å². The molecule has 0 aliphatic heterocycles. The van der Waals surface area contributed by atoms with Gasteiger partial charge < -0.3 is 35.4 Å². The van der Waals surface area contributed by atoms with Crippen molar-refractivity contribution in [2.24, 2.45) is 17.8 Å². The van der Waals surface area contributed by atoms with Gasteiger partial charge in [-0.1, -0.05) is 97.5 Å². The van der Waals surface area contributed by atoms with Crippen LogP contribution in [0, 0.1) is 17.8 Å². The highest BCUT2D eigenvalue weighted by molar-refractivity contribution is 6.07. The Bertz CT molecular complexity index is 814. The molecule has 43 heavy (non-hydrogen) atoms. The smallest absolute Gasteiger partial charge is 0.335 e. The van der Waals surface area contributed by atoms with E-state index in [1.54, 1.807) is 13.0 Å². The summed E-state index contributed by atoms with van der Waals surface area (Å²) in [5, 5.41) is 58.0. The predicted octanol–water partition coefficient (Wildman–Crippen LogP) is 4.32. The Morgan fingerprint density at radius 3 is 1.77 bits per heavy atom. The van der Waals surface area contributed by atoms with E-state index in [1.807, 2.05) is 6.92 Å². The number of allylic oxidation sites excluding steroid dienone is 2. The van der Waals surface area contributed by atoms with Crippen molar-refractivity contribution in [3.05, 3.63) is 11.6 Å². The molecule has 0 spiro atoms. The number of ketones is 1. The molecule has 0 radical (unpaired) electrons. The predicted molar refractivity (Wildman–Crippen MR) is 165 cm³/mol. The van der Waals surface area contributed by atoms with Crippen LogP contribution in [0.15, 0.2) is 11.6 Å². The topological polar surface area (TPSA) is 182 Å². The van der Waals surface area contributed by atoms with Crippen molar-refractivity contribution in [2.45, 2.75) is 155 Å². The molecule has 0 amide bonds. The van der Waals surface area contributed by atoms with Crippen LogP contribution in [0.25, 0.3) is 0 Å². The highest BCUT2D eigenvalue weighted by Crippen LogP contribution is 2.22. The van der Waals surface area contributed by atoms with Crippen LogP contribution >= 0.6 is 0 Å². The molecule has 252 valence electrons. The third kappa shape index (κ3) is 17.9. The molecule has 0 aromatic carbocycles. The van der Waals surface area contributed by atoms with Crippen molar-refractivity contribution in [1.29, 1.82) is 0 Å².